The summed E-state index contributed by atoms with van der Waals surface area (Å²) in [5.74, 6) is 0.491. The first-order valence-corrected chi connectivity index (χ1v) is 6.90. The van der Waals surface area contributed by atoms with Crippen LogP contribution in [0.5, 0.6) is 0 Å². The molecule has 1 nitrogen and oxygen atoms in total. The van der Waals surface area contributed by atoms with Gasteiger partial charge >= 0.3 is 0 Å². The summed E-state index contributed by atoms with van der Waals surface area (Å²) in [5, 5.41) is 9.85. The van der Waals surface area contributed by atoms with E-state index in [-0.39, 0.29) is 6.10 Å². The lowest BCUT2D eigenvalue weighted by atomic mass is 9.95. The van der Waals surface area contributed by atoms with Gasteiger partial charge in [-0.1, -0.05) is 65.7 Å². The van der Waals surface area contributed by atoms with E-state index in [0.717, 1.165) is 12.8 Å². The van der Waals surface area contributed by atoms with Crippen molar-refractivity contribution in [1.29, 1.82) is 0 Å². The lowest BCUT2D eigenvalue weighted by molar-refractivity contribution is 0.0996. The van der Waals surface area contributed by atoms with Crippen molar-refractivity contribution in [3.05, 3.63) is 0 Å². The van der Waals surface area contributed by atoms with E-state index in [9.17, 15) is 5.11 Å². The molecule has 2 atom stereocenters. The lowest BCUT2D eigenvalue weighted by Gasteiger charge is -2.17. The van der Waals surface area contributed by atoms with Crippen LogP contribution in [0.15, 0.2) is 0 Å². The Bertz CT molecular complexity index is 123. The molecule has 92 valence electrons. The molecule has 0 aromatic rings. The Morgan fingerprint density at radius 3 is 2.00 bits per heavy atom. The number of hydrogen-bond donors (Lipinski definition) is 1. The van der Waals surface area contributed by atoms with Crippen molar-refractivity contribution in [2.75, 3.05) is 0 Å². The van der Waals surface area contributed by atoms with Crippen LogP contribution in [0, 0.1) is 5.92 Å². The molecule has 0 fully saturated rings. The first-order valence-electron chi connectivity index (χ1n) is 6.90. The lowest BCUT2D eigenvalue weighted by Crippen LogP contribution is -2.17. The highest BCUT2D eigenvalue weighted by Gasteiger charge is 2.12. The topological polar surface area (TPSA) is 20.2 Å². The summed E-state index contributed by atoms with van der Waals surface area (Å²) in [7, 11) is 0. The number of aliphatic hydroxyl groups is 1. The van der Waals surface area contributed by atoms with Gasteiger partial charge in [-0.25, -0.2) is 0 Å². The molecule has 0 saturated heterocycles. The second-order valence-corrected chi connectivity index (χ2v) is 4.89. The summed E-state index contributed by atoms with van der Waals surface area (Å²) in [6.45, 7) is 6.61. The van der Waals surface area contributed by atoms with Crippen LogP contribution in [0.3, 0.4) is 0 Å². The molecule has 0 aliphatic carbocycles. The zero-order chi connectivity index (χ0) is 11.5. The number of unbranched alkanes of at least 4 members (excludes halogenated alkanes) is 5. The first kappa shape index (κ1) is 15.0. The van der Waals surface area contributed by atoms with Gasteiger partial charge in [-0.15, -0.1) is 0 Å². The molecule has 1 N–H and O–H groups in total. The van der Waals surface area contributed by atoms with Gasteiger partial charge in [-0.05, 0) is 18.8 Å². The van der Waals surface area contributed by atoms with Gasteiger partial charge in [0.05, 0.1) is 6.10 Å². The molecule has 0 saturated carbocycles. The SMILES string of the molecule is CCCCCCCCC(O)C(C)CCC. The fourth-order valence-electron chi connectivity index (χ4n) is 2.07. The Morgan fingerprint density at radius 2 is 1.40 bits per heavy atom. The molecule has 0 spiro atoms. The Hall–Kier alpha value is -0.0400. The van der Waals surface area contributed by atoms with Crippen LogP contribution >= 0.6 is 0 Å². The largest absolute Gasteiger partial charge is 0.393 e. The van der Waals surface area contributed by atoms with Crippen LogP contribution in [0.25, 0.3) is 0 Å². The van der Waals surface area contributed by atoms with Gasteiger partial charge in [-0.2, -0.15) is 0 Å². The van der Waals surface area contributed by atoms with Crippen molar-refractivity contribution in [3.8, 4) is 0 Å². The van der Waals surface area contributed by atoms with Crippen LogP contribution < -0.4 is 0 Å². The van der Waals surface area contributed by atoms with E-state index in [1.165, 1.54) is 44.9 Å². The van der Waals surface area contributed by atoms with Gasteiger partial charge in [0.1, 0.15) is 0 Å². The third-order valence-corrected chi connectivity index (χ3v) is 3.25. The molecule has 0 aliphatic rings. The van der Waals surface area contributed by atoms with Crippen LogP contribution in [-0.2, 0) is 0 Å². The van der Waals surface area contributed by atoms with Crippen molar-refractivity contribution in [1.82, 2.24) is 0 Å². The Kier molecular flexibility index (Phi) is 10.4. The van der Waals surface area contributed by atoms with E-state index < -0.39 is 0 Å². The monoisotopic (exact) mass is 214 g/mol. The fraction of sp³-hybridized carbons (Fsp3) is 1.00. The van der Waals surface area contributed by atoms with Gasteiger partial charge < -0.3 is 5.11 Å². The van der Waals surface area contributed by atoms with Gasteiger partial charge in [0.25, 0.3) is 0 Å². The molecule has 0 bridgehead atoms. The fourth-order valence-corrected chi connectivity index (χ4v) is 2.07. The average molecular weight is 214 g/mol. The van der Waals surface area contributed by atoms with Crippen molar-refractivity contribution >= 4 is 0 Å². The molecule has 0 heterocycles. The van der Waals surface area contributed by atoms with E-state index in [2.05, 4.69) is 20.8 Å². The molecular weight excluding hydrogens is 184 g/mol. The highest BCUT2D eigenvalue weighted by molar-refractivity contribution is 4.64. The average Bonchev–Trinajstić information content (AvgIpc) is 2.23. The highest BCUT2D eigenvalue weighted by atomic mass is 16.3. The van der Waals surface area contributed by atoms with Crippen LogP contribution in [0.1, 0.15) is 78.6 Å². The predicted octanol–water partition coefficient (Wildman–Crippen LogP) is 4.53. The Balaban J connectivity index is 3.26. The molecule has 1 heteroatoms. The number of rotatable bonds is 10. The summed E-state index contributed by atoms with van der Waals surface area (Å²) in [6.07, 6.45) is 11.2. The second-order valence-electron chi connectivity index (χ2n) is 4.89. The molecule has 15 heavy (non-hydrogen) atoms. The molecule has 0 aromatic heterocycles. The van der Waals surface area contributed by atoms with E-state index in [0.29, 0.717) is 5.92 Å². The summed E-state index contributed by atoms with van der Waals surface area (Å²) in [6, 6.07) is 0. The molecule has 0 aliphatic heterocycles. The zero-order valence-corrected chi connectivity index (χ0v) is 11.0. The zero-order valence-electron chi connectivity index (χ0n) is 11.0. The van der Waals surface area contributed by atoms with Crippen LogP contribution in [0.2, 0.25) is 0 Å². The molecule has 0 rings (SSSR count). The van der Waals surface area contributed by atoms with E-state index in [4.69, 9.17) is 0 Å². The highest BCUT2D eigenvalue weighted by Crippen LogP contribution is 2.16. The molecular formula is C14H30O. The van der Waals surface area contributed by atoms with E-state index >= 15 is 0 Å². The predicted molar refractivity (Wildman–Crippen MR) is 68.1 cm³/mol. The van der Waals surface area contributed by atoms with Crippen molar-refractivity contribution < 1.29 is 5.11 Å². The van der Waals surface area contributed by atoms with Crippen molar-refractivity contribution in [2.45, 2.75) is 84.7 Å². The first-order chi connectivity index (χ1) is 7.22. The molecule has 2 unspecified atom stereocenters. The minimum absolute atomic E-state index is 0.0591. The maximum Gasteiger partial charge on any atom is 0.0565 e. The third-order valence-electron chi connectivity index (χ3n) is 3.25. The maximum atomic E-state index is 9.85. The second kappa shape index (κ2) is 10.5. The standard InChI is InChI=1S/C14H30O/c1-4-6-7-8-9-10-12-14(15)13(3)11-5-2/h13-15H,4-12H2,1-3H3. The van der Waals surface area contributed by atoms with Gasteiger partial charge in [0.2, 0.25) is 0 Å². The van der Waals surface area contributed by atoms with E-state index in [1.54, 1.807) is 0 Å². The molecule has 0 aromatic carbocycles. The van der Waals surface area contributed by atoms with Crippen molar-refractivity contribution in [3.63, 3.8) is 0 Å². The summed E-state index contributed by atoms with van der Waals surface area (Å²) < 4.78 is 0. The summed E-state index contributed by atoms with van der Waals surface area (Å²) in [4.78, 5) is 0. The smallest absolute Gasteiger partial charge is 0.0565 e. The number of hydrogen-bond acceptors (Lipinski definition) is 1. The van der Waals surface area contributed by atoms with Gasteiger partial charge in [-0.3, -0.25) is 0 Å². The summed E-state index contributed by atoms with van der Waals surface area (Å²) in [5.41, 5.74) is 0. The van der Waals surface area contributed by atoms with Gasteiger partial charge in [0.15, 0.2) is 0 Å². The minimum Gasteiger partial charge on any atom is -0.393 e. The van der Waals surface area contributed by atoms with Crippen LogP contribution in [0.4, 0.5) is 0 Å². The van der Waals surface area contributed by atoms with Crippen molar-refractivity contribution in [2.24, 2.45) is 5.92 Å². The van der Waals surface area contributed by atoms with E-state index in [1.807, 2.05) is 0 Å². The molecule has 0 radical (unpaired) electrons. The summed E-state index contributed by atoms with van der Waals surface area (Å²) >= 11 is 0. The maximum absolute atomic E-state index is 9.85. The Labute approximate surface area is 96.3 Å². The Morgan fingerprint density at radius 1 is 0.800 bits per heavy atom. The quantitative estimate of drug-likeness (QED) is 0.530. The third kappa shape index (κ3) is 8.92. The number of aliphatic hydroxyl groups excluding tert-OH is 1. The molecule has 0 amide bonds. The van der Waals surface area contributed by atoms with Crippen LogP contribution in [-0.4, -0.2) is 11.2 Å². The normalized spacial score (nSPS) is 15.2. The minimum atomic E-state index is -0.0591. The van der Waals surface area contributed by atoms with Gasteiger partial charge in [0, 0.05) is 0 Å².